The minimum atomic E-state index is -1.04. The highest BCUT2D eigenvalue weighted by molar-refractivity contribution is 5.91. The Morgan fingerprint density at radius 1 is 0.946 bits per heavy atom. The standard InChI is InChI=1S/C30H30N2O5/c33-29(34)13-14-36-25-10-6-7-21(15-25)18-32-19-23-16-26(17-24(23)20-32)37-30(35)31-28-12-5-4-11-27(28)22-8-2-1-3-9-22/h1-15,23-24,26H,16-20H2,(H,31,35)(H,33,34)/t23-,24+,26?. The summed E-state index contributed by atoms with van der Waals surface area (Å²) in [5.74, 6) is 0.582. The van der Waals surface area contributed by atoms with E-state index in [4.69, 9.17) is 14.6 Å². The van der Waals surface area contributed by atoms with Gasteiger partial charge in [-0.25, -0.2) is 9.59 Å². The quantitative estimate of drug-likeness (QED) is 0.302. The van der Waals surface area contributed by atoms with Gasteiger partial charge in [-0.15, -0.1) is 0 Å². The summed E-state index contributed by atoms with van der Waals surface area (Å²) in [4.78, 5) is 25.8. The van der Waals surface area contributed by atoms with Crippen LogP contribution < -0.4 is 10.1 Å². The fourth-order valence-corrected chi connectivity index (χ4v) is 5.47. The first-order valence-corrected chi connectivity index (χ1v) is 12.5. The number of fused-ring (bicyclic) bond motifs is 1. The normalized spacial score (nSPS) is 21.0. The molecule has 2 aliphatic rings. The zero-order chi connectivity index (χ0) is 25.6. The van der Waals surface area contributed by atoms with E-state index in [0.29, 0.717) is 17.6 Å². The Morgan fingerprint density at radius 2 is 1.68 bits per heavy atom. The lowest BCUT2D eigenvalue weighted by Crippen LogP contribution is -2.25. The first-order valence-electron chi connectivity index (χ1n) is 12.5. The lowest BCUT2D eigenvalue weighted by Gasteiger charge is -2.20. The van der Waals surface area contributed by atoms with Crippen molar-refractivity contribution >= 4 is 17.7 Å². The average molecular weight is 499 g/mol. The van der Waals surface area contributed by atoms with Crippen LogP contribution in [-0.4, -0.2) is 41.3 Å². The molecule has 1 saturated carbocycles. The number of hydrogen-bond donors (Lipinski definition) is 2. The Labute approximate surface area is 216 Å². The van der Waals surface area contributed by atoms with E-state index in [1.54, 1.807) is 6.07 Å². The molecule has 1 saturated heterocycles. The molecule has 0 radical (unpaired) electrons. The summed E-state index contributed by atoms with van der Waals surface area (Å²) in [5.41, 5.74) is 3.87. The summed E-state index contributed by atoms with van der Waals surface area (Å²) in [6, 6.07) is 25.4. The molecular formula is C30H30N2O5. The van der Waals surface area contributed by atoms with Crippen LogP contribution in [0.4, 0.5) is 10.5 Å². The summed E-state index contributed by atoms with van der Waals surface area (Å²) in [7, 11) is 0. The highest BCUT2D eigenvalue weighted by atomic mass is 16.6. The number of amides is 1. The Balaban J connectivity index is 1.11. The van der Waals surface area contributed by atoms with Crippen molar-refractivity contribution in [1.82, 2.24) is 4.90 Å². The van der Waals surface area contributed by atoms with Crippen molar-refractivity contribution in [2.45, 2.75) is 25.5 Å². The zero-order valence-electron chi connectivity index (χ0n) is 20.5. The van der Waals surface area contributed by atoms with E-state index in [2.05, 4.69) is 10.2 Å². The molecule has 2 fully saturated rings. The van der Waals surface area contributed by atoms with Crippen LogP contribution in [-0.2, 0) is 16.1 Å². The molecule has 7 nitrogen and oxygen atoms in total. The second-order valence-corrected chi connectivity index (χ2v) is 9.66. The van der Waals surface area contributed by atoms with Crippen LogP contribution in [0, 0.1) is 11.8 Å². The van der Waals surface area contributed by atoms with Crippen molar-refractivity contribution in [3.05, 3.63) is 96.8 Å². The number of aliphatic carboxylic acids is 1. The zero-order valence-corrected chi connectivity index (χ0v) is 20.5. The Kier molecular flexibility index (Phi) is 7.51. The third kappa shape index (κ3) is 6.37. The molecule has 7 heteroatoms. The lowest BCUT2D eigenvalue weighted by molar-refractivity contribution is -0.131. The molecule has 3 aromatic carbocycles. The van der Waals surface area contributed by atoms with Gasteiger partial charge in [0.15, 0.2) is 0 Å². The molecule has 1 unspecified atom stereocenters. The number of nitrogens with one attached hydrogen (secondary N) is 1. The number of carboxylic acids is 1. The monoisotopic (exact) mass is 498 g/mol. The molecule has 1 aliphatic carbocycles. The highest BCUT2D eigenvalue weighted by Crippen LogP contribution is 2.40. The van der Waals surface area contributed by atoms with Gasteiger partial charge < -0.3 is 14.6 Å². The molecule has 190 valence electrons. The predicted molar refractivity (Wildman–Crippen MR) is 141 cm³/mol. The van der Waals surface area contributed by atoms with Gasteiger partial charge in [0.1, 0.15) is 11.9 Å². The number of rotatable bonds is 8. The maximum Gasteiger partial charge on any atom is 0.411 e. The maximum absolute atomic E-state index is 12.7. The van der Waals surface area contributed by atoms with E-state index in [-0.39, 0.29) is 6.10 Å². The van der Waals surface area contributed by atoms with Crippen LogP contribution >= 0.6 is 0 Å². The third-order valence-electron chi connectivity index (χ3n) is 7.03. The fraction of sp³-hybridized carbons (Fsp3) is 0.267. The van der Waals surface area contributed by atoms with E-state index in [1.165, 1.54) is 6.26 Å². The van der Waals surface area contributed by atoms with E-state index >= 15 is 0 Å². The number of ether oxygens (including phenoxy) is 2. The summed E-state index contributed by atoms with van der Waals surface area (Å²) in [5, 5.41) is 11.6. The Bertz CT molecular complexity index is 1260. The molecule has 1 heterocycles. The number of carboxylic acid groups (broad SMARTS) is 1. The second kappa shape index (κ2) is 11.3. The van der Waals surface area contributed by atoms with Gasteiger partial charge in [-0.2, -0.15) is 0 Å². The topological polar surface area (TPSA) is 88.1 Å². The van der Waals surface area contributed by atoms with Gasteiger partial charge in [0, 0.05) is 25.2 Å². The van der Waals surface area contributed by atoms with Crippen molar-refractivity contribution in [1.29, 1.82) is 0 Å². The molecule has 0 spiro atoms. The molecule has 0 aromatic heterocycles. The first-order chi connectivity index (χ1) is 18.0. The van der Waals surface area contributed by atoms with Gasteiger partial charge in [-0.05, 0) is 54.0 Å². The summed E-state index contributed by atoms with van der Waals surface area (Å²) in [6.45, 7) is 2.73. The molecule has 1 aliphatic heterocycles. The number of likely N-dealkylation sites (tertiary alicyclic amines) is 1. The smallest absolute Gasteiger partial charge is 0.411 e. The van der Waals surface area contributed by atoms with Crippen molar-refractivity contribution in [3.63, 3.8) is 0 Å². The van der Waals surface area contributed by atoms with Gasteiger partial charge >= 0.3 is 12.1 Å². The SMILES string of the molecule is O=C(O)C=COc1cccc(CN2C[C@H]3CC(OC(=O)Nc4ccccc4-c4ccccc4)C[C@H]3C2)c1. The van der Waals surface area contributed by atoms with Gasteiger partial charge in [0.2, 0.25) is 0 Å². The van der Waals surface area contributed by atoms with Crippen LogP contribution in [0.2, 0.25) is 0 Å². The predicted octanol–water partition coefficient (Wildman–Crippen LogP) is 5.79. The first kappa shape index (κ1) is 24.6. The van der Waals surface area contributed by atoms with Crippen molar-refractivity contribution < 1.29 is 24.2 Å². The van der Waals surface area contributed by atoms with E-state index in [1.807, 2.05) is 72.8 Å². The number of hydrogen-bond acceptors (Lipinski definition) is 5. The number of nitrogens with zero attached hydrogens (tertiary/aromatic N) is 1. The third-order valence-corrected chi connectivity index (χ3v) is 7.03. The molecule has 3 aromatic rings. The van der Waals surface area contributed by atoms with Crippen LogP contribution in [0.25, 0.3) is 11.1 Å². The minimum absolute atomic E-state index is 0.0706. The van der Waals surface area contributed by atoms with Crippen molar-refractivity contribution in [3.8, 4) is 16.9 Å². The second-order valence-electron chi connectivity index (χ2n) is 9.66. The van der Waals surface area contributed by atoms with Crippen LogP contribution in [0.1, 0.15) is 18.4 Å². The summed E-state index contributed by atoms with van der Waals surface area (Å²) in [6.07, 6.45) is 3.42. The lowest BCUT2D eigenvalue weighted by atomic mass is 10.0. The molecule has 3 atom stereocenters. The number of benzene rings is 3. The van der Waals surface area contributed by atoms with Crippen LogP contribution in [0.15, 0.2) is 91.2 Å². The van der Waals surface area contributed by atoms with Gasteiger partial charge in [0.05, 0.1) is 18.0 Å². The van der Waals surface area contributed by atoms with E-state index in [0.717, 1.165) is 60.9 Å². The van der Waals surface area contributed by atoms with E-state index in [9.17, 15) is 9.59 Å². The number of anilines is 1. The summed E-state index contributed by atoms with van der Waals surface area (Å²) >= 11 is 0. The average Bonchev–Trinajstić information content (AvgIpc) is 3.42. The van der Waals surface area contributed by atoms with E-state index < -0.39 is 12.1 Å². The van der Waals surface area contributed by atoms with Gasteiger partial charge in [-0.3, -0.25) is 10.2 Å². The Hall–Kier alpha value is -4.10. The summed E-state index contributed by atoms with van der Waals surface area (Å²) < 4.78 is 11.2. The highest BCUT2D eigenvalue weighted by Gasteiger charge is 2.42. The molecule has 1 amide bonds. The van der Waals surface area contributed by atoms with Gasteiger partial charge in [-0.1, -0.05) is 60.7 Å². The number of para-hydroxylation sites is 1. The van der Waals surface area contributed by atoms with Crippen LogP contribution in [0.5, 0.6) is 5.75 Å². The van der Waals surface area contributed by atoms with Crippen LogP contribution in [0.3, 0.4) is 0 Å². The van der Waals surface area contributed by atoms with Crippen molar-refractivity contribution in [2.24, 2.45) is 11.8 Å². The number of carbonyl (C=O) groups excluding carboxylic acids is 1. The molecule has 0 bridgehead atoms. The minimum Gasteiger partial charge on any atom is -0.478 e. The molecule has 5 rings (SSSR count). The van der Waals surface area contributed by atoms with Crippen molar-refractivity contribution in [2.75, 3.05) is 18.4 Å². The Morgan fingerprint density at radius 3 is 2.43 bits per heavy atom. The molecular weight excluding hydrogens is 468 g/mol. The molecule has 37 heavy (non-hydrogen) atoms. The number of carbonyl (C=O) groups is 2. The fourth-order valence-electron chi connectivity index (χ4n) is 5.47. The molecule has 2 N–H and O–H groups in total. The maximum atomic E-state index is 12.7. The largest absolute Gasteiger partial charge is 0.478 e. The van der Waals surface area contributed by atoms with Gasteiger partial charge in [0.25, 0.3) is 0 Å².